The SMILES string of the molecule is CCOCCOc1ccc(Cl)cc1NC(=O)CNCC1CC1. The van der Waals surface area contributed by atoms with E-state index < -0.39 is 0 Å². The van der Waals surface area contributed by atoms with E-state index in [1.165, 1.54) is 12.8 Å². The lowest BCUT2D eigenvalue weighted by Gasteiger charge is -2.13. The molecule has 1 saturated carbocycles. The first-order valence-electron chi connectivity index (χ1n) is 7.69. The van der Waals surface area contributed by atoms with Crippen LogP contribution in [0, 0.1) is 5.92 Å². The molecule has 0 aliphatic heterocycles. The molecule has 0 bridgehead atoms. The molecule has 0 atom stereocenters. The monoisotopic (exact) mass is 326 g/mol. The summed E-state index contributed by atoms with van der Waals surface area (Å²) >= 11 is 5.99. The number of carbonyl (C=O) groups excluding carboxylic acids is 1. The molecule has 0 saturated heterocycles. The number of benzene rings is 1. The van der Waals surface area contributed by atoms with Crippen LogP contribution in [0.3, 0.4) is 0 Å². The molecule has 6 heteroatoms. The van der Waals surface area contributed by atoms with Gasteiger partial charge in [0.25, 0.3) is 0 Å². The second kappa shape index (κ2) is 8.98. The highest BCUT2D eigenvalue weighted by Gasteiger charge is 2.20. The Kier molecular flexibility index (Phi) is 6.96. The normalized spacial score (nSPS) is 13.9. The van der Waals surface area contributed by atoms with Crippen LogP contribution in [-0.2, 0) is 9.53 Å². The number of halogens is 1. The van der Waals surface area contributed by atoms with E-state index in [-0.39, 0.29) is 5.91 Å². The molecule has 1 fully saturated rings. The summed E-state index contributed by atoms with van der Waals surface area (Å²) in [6.07, 6.45) is 2.53. The molecule has 1 aliphatic carbocycles. The van der Waals surface area contributed by atoms with Crippen molar-refractivity contribution in [1.82, 2.24) is 5.32 Å². The third-order valence-corrected chi connectivity index (χ3v) is 3.56. The van der Waals surface area contributed by atoms with E-state index in [4.69, 9.17) is 21.1 Å². The van der Waals surface area contributed by atoms with E-state index in [9.17, 15) is 4.79 Å². The van der Waals surface area contributed by atoms with Crippen molar-refractivity contribution in [3.8, 4) is 5.75 Å². The molecule has 0 heterocycles. The number of amides is 1. The molecule has 0 aromatic heterocycles. The van der Waals surface area contributed by atoms with Crippen molar-refractivity contribution < 1.29 is 14.3 Å². The van der Waals surface area contributed by atoms with E-state index in [2.05, 4.69) is 10.6 Å². The molecular formula is C16H23ClN2O3. The van der Waals surface area contributed by atoms with Gasteiger partial charge >= 0.3 is 0 Å². The van der Waals surface area contributed by atoms with Crippen molar-refractivity contribution in [2.75, 3.05) is 38.2 Å². The fourth-order valence-corrected chi connectivity index (χ4v) is 2.16. The minimum absolute atomic E-state index is 0.0995. The molecular weight excluding hydrogens is 304 g/mol. The first-order valence-corrected chi connectivity index (χ1v) is 8.07. The molecule has 5 nitrogen and oxygen atoms in total. The predicted molar refractivity (Wildman–Crippen MR) is 87.7 cm³/mol. The Hall–Kier alpha value is -1.30. The summed E-state index contributed by atoms with van der Waals surface area (Å²) < 4.78 is 10.9. The Balaban J connectivity index is 1.83. The maximum atomic E-state index is 12.0. The molecule has 22 heavy (non-hydrogen) atoms. The lowest BCUT2D eigenvalue weighted by Crippen LogP contribution is -2.29. The zero-order valence-corrected chi connectivity index (χ0v) is 13.6. The van der Waals surface area contributed by atoms with E-state index in [1.54, 1.807) is 18.2 Å². The zero-order valence-electron chi connectivity index (χ0n) is 12.9. The van der Waals surface area contributed by atoms with Gasteiger partial charge in [0.05, 0.1) is 18.8 Å². The van der Waals surface area contributed by atoms with Crippen LogP contribution in [0.5, 0.6) is 5.75 Å². The van der Waals surface area contributed by atoms with Gasteiger partial charge in [0.2, 0.25) is 5.91 Å². The maximum Gasteiger partial charge on any atom is 0.238 e. The minimum atomic E-state index is -0.0995. The molecule has 0 spiro atoms. The number of hydrogen-bond donors (Lipinski definition) is 2. The van der Waals surface area contributed by atoms with E-state index in [0.29, 0.717) is 42.8 Å². The summed E-state index contributed by atoms with van der Waals surface area (Å²) in [5.74, 6) is 1.24. The quantitative estimate of drug-likeness (QED) is 0.649. The summed E-state index contributed by atoms with van der Waals surface area (Å²) in [6.45, 7) is 4.72. The van der Waals surface area contributed by atoms with Crippen LogP contribution in [0.25, 0.3) is 0 Å². The van der Waals surface area contributed by atoms with E-state index >= 15 is 0 Å². The topological polar surface area (TPSA) is 59.6 Å². The Bertz CT molecular complexity index is 492. The van der Waals surface area contributed by atoms with Gasteiger partial charge in [-0.3, -0.25) is 4.79 Å². The number of ether oxygens (including phenoxy) is 2. The Morgan fingerprint density at radius 2 is 2.18 bits per heavy atom. The molecule has 0 unspecified atom stereocenters. The largest absolute Gasteiger partial charge is 0.489 e. The average molecular weight is 327 g/mol. The first kappa shape index (κ1) is 17.1. The molecule has 1 aliphatic rings. The van der Waals surface area contributed by atoms with Crippen LogP contribution >= 0.6 is 11.6 Å². The van der Waals surface area contributed by atoms with Gasteiger partial charge in [-0.1, -0.05) is 11.6 Å². The smallest absolute Gasteiger partial charge is 0.238 e. The van der Waals surface area contributed by atoms with Gasteiger partial charge in [0, 0.05) is 11.6 Å². The summed E-state index contributed by atoms with van der Waals surface area (Å²) in [5, 5.41) is 6.54. The number of nitrogens with one attached hydrogen (secondary N) is 2. The molecule has 2 rings (SSSR count). The second-order valence-electron chi connectivity index (χ2n) is 5.31. The minimum Gasteiger partial charge on any atom is -0.489 e. The zero-order chi connectivity index (χ0) is 15.8. The Morgan fingerprint density at radius 3 is 2.91 bits per heavy atom. The van der Waals surface area contributed by atoms with Crippen LogP contribution in [0.2, 0.25) is 5.02 Å². The van der Waals surface area contributed by atoms with Gasteiger partial charge in [-0.05, 0) is 50.4 Å². The van der Waals surface area contributed by atoms with Gasteiger partial charge < -0.3 is 20.1 Å². The maximum absolute atomic E-state index is 12.0. The van der Waals surface area contributed by atoms with Crippen LogP contribution in [0.1, 0.15) is 19.8 Å². The number of rotatable bonds is 10. The summed E-state index contributed by atoms with van der Waals surface area (Å²) in [7, 11) is 0. The summed E-state index contributed by atoms with van der Waals surface area (Å²) in [6, 6.07) is 5.18. The molecule has 1 aromatic rings. The standard InChI is InChI=1S/C16H23ClN2O3/c1-2-21-7-8-22-15-6-5-13(17)9-14(15)19-16(20)11-18-10-12-3-4-12/h5-6,9,12,18H,2-4,7-8,10-11H2,1H3,(H,19,20). The van der Waals surface area contributed by atoms with Gasteiger partial charge in [-0.2, -0.15) is 0 Å². The van der Waals surface area contributed by atoms with Gasteiger partial charge in [-0.25, -0.2) is 0 Å². The number of hydrogen-bond acceptors (Lipinski definition) is 4. The Morgan fingerprint density at radius 1 is 1.36 bits per heavy atom. The lowest BCUT2D eigenvalue weighted by molar-refractivity contribution is -0.115. The summed E-state index contributed by atoms with van der Waals surface area (Å²) in [4.78, 5) is 12.0. The van der Waals surface area contributed by atoms with Crippen molar-refractivity contribution >= 4 is 23.2 Å². The van der Waals surface area contributed by atoms with Crippen molar-refractivity contribution in [2.45, 2.75) is 19.8 Å². The molecule has 122 valence electrons. The second-order valence-corrected chi connectivity index (χ2v) is 5.74. The van der Waals surface area contributed by atoms with Crippen LogP contribution < -0.4 is 15.4 Å². The fourth-order valence-electron chi connectivity index (χ4n) is 1.99. The number of carbonyl (C=O) groups is 1. The first-order chi connectivity index (χ1) is 10.7. The van der Waals surface area contributed by atoms with Gasteiger partial charge in [-0.15, -0.1) is 0 Å². The molecule has 2 N–H and O–H groups in total. The fraction of sp³-hybridized carbons (Fsp3) is 0.562. The van der Waals surface area contributed by atoms with Gasteiger partial charge in [0.1, 0.15) is 12.4 Å². The van der Waals surface area contributed by atoms with Crippen molar-refractivity contribution in [3.05, 3.63) is 23.2 Å². The Labute approximate surface area is 136 Å². The third kappa shape index (κ3) is 6.22. The summed E-state index contributed by atoms with van der Waals surface area (Å²) in [5.41, 5.74) is 0.585. The lowest BCUT2D eigenvalue weighted by atomic mass is 10.3. The van der Waals surface area contributed by atoms with Crippen LogP contribution in [0.4, 0.5) is 5.69 Å². The van der Waals surface area contributed by atoms with E-state index in [0.717, 1.165) is 12.5 Å². The third-order valence-electron chi connectivity index (χ3n) is 3.32. The number of anilines is 1. The van der Waals surface area contributed by atoms with Crippen LogP contribution in [-0.4, -0.2) is 38.8 Å². The van der Waals surface area contributed by atoms with Crippen molar-refractivity contribution in [1.29, 1.82) is 0 Å². The molecule has 1 aromatic carbocycles. The van der Waals surface area contributed by atoms with Crippen LogP contribution in [0.15, 0.2) is 18.2 Å². The highest BCUT2D eigenvalue weighted by molar-refractivity contribution is 6.31. The van der Waals surface area contributed by atoms with Gasteiger partial charge in [0.15, 0.2) is 0 Å². The van der Waals surface area contributed by atoms with Crippen molar-refractivity contribution in [2.24, 2.45) is 5.92 Å². The van der Waals surface area contributed by atoms with Crippen molar-refractivity contribution in [3.63, 3.8) is 0 Å². The van der Waals surface area contributed by atoms with E-state index in [1.807, 2.05) is 6.92 Å². The predicted octanol–water partition coefficient (Wildman–Crippen LogP) is 2.69. The highest BCUT2D eigenvalue weighted by atomic mass is 35.5. The average Bonchev–Trinajstić information content (AvgIpc) is 3.30. The highest BCUT2D eigenvalue weighted by Crippen LogP contribution is 2.28. The molecule has 1 amide bonds. The molecule has 0 radical (unpaired) electrons.